The molecule has 5 nitrogen and oxygen atoms in total. The second kappa shape index (κ2) is 8.63. The van der Waals surface area contributed by atoms with Crippen LogP contribution in [-0.2, 0) is 12.7 Å². The van der Waals surface area contributed by atoms with Crippen molar-refractivity contribution in [1.82, 2.24) is 9.55 Å². The predicted molar refractivity (Wildman–Crippen MR) is 125 cm³/mol. The minimum atomic E-state index is -4.89. The number of carbonyl (C=O) groups excluding carboxylic acids is 1. The van der Waals surface area contributed by atoms with E-state index in [0.29, 0.717) is 16.1 Å². The molecule has 0 fully saturated rings. The zero-order valence-electron chi connectivity index (χ0n) is 17.9. The molecule has 0 saturated carbocycles. The van der Waals surface area contributed by atoms with Crippen LogP contribution < -0.4 is 0 Å². The second-order valence-corrected chi connectivity index (χ2v) is 8.30. The molecule has 2 heterocycles. The number of nitrogens with zero attached hydrogens (tertiary/aromatic N) is 2. The monoisotopic (exact) mass is 496 g/mol. The highest BCUT2D eigenvalue weighted by atomic mass is 35.5. The molecule has 1 N–H and O–H groups in total. The van der Waals surface area contributed by atoms with Crippen molar-refractivity contribution in [3.05, 3.63) is 107 Å². The van der Waals surface area contributed by atoms with Gasteiger partial charge in [-0.3, -0.25) is 4.79 Å². The summed E-state index contributed by atoms with van der Waals surface area (Å²) in [4.78, 5) is 17.4. The van der Waals surface area contributed by atoms with Crippen LogP contribution in [0.2, 0.25) is 5.02 Å². The average molecular weight is 497 g/mol. The fourth-order valence-corrected chi connectivity index (χ4v) is 4.15. The molecule has 3 aromatic carbocycles. The molecule has 0 aliphatic heterocycles. The van der Waals surface area contributed by atoms with Crippen molar-refractivity contribution in [2.45, 2.75) is 12.7 Å². The van der Waals surface area contributed by atoms with Gasteiger partial charge >= 0.3 is 6.18 Å². The molecule has 0 spiro atoms. The quantitative estimate of drug-likeness (QED) is 0.267. The van der Waals surface area contributed by atoms with E-state index < -0.39 is 29.1 Å². The average Bonchev–Trinajstić information content (AvgIpc) is 3.44. The summed E-state index contributed by atoms with van der Waals surface area (Å²) in [5, 5.41) is 10.4. The number of fused-ring (bicyclic) bond motifs is 1. The van der Waals surface area contributed by atoms with Gasteiger partial charge in [0.05, 0.1) is 11.8 Å². The first-order valence-corrected chi connectivity index (χ1v) is 10.8. The van der Waals surface area contributed by atoms with E-state index in [0.717, 1.165) is 10.6 Å². The van der Waals surface area contributed by atoms with Crippen molar-refractivity contribution >= 4 is 28.3 Å². The first kappa shape index (κ1) is 22.7. The van der Waals surface area contributed by atoms with Crippen LogP contribution in [0.1, 0.15) is 27.5 Å². The highest BCUT2D eigenvalue weighted by Gasteiger charge is 2.42. The Kier molecular flexibility index (Phi) is 5.61. The van der Waals surface area contributed by atoms with Gasteiger partial charge in [-0.05, 0) is 35.9 Å². The van der Waals surface area contributed by atoms with Gasteiger partial charge in [-0.1, -0.05) is 54.1 Å². The van der Waals surface area contributed by atoms with E-state index in [1.165, 1.54) is 18.3 Å². The Morgan fingerprint density at radius 3 is 2.43 bits per heavy atom. The van der Waals surface area contributed by atoms with E-state index in [2.05, 4.69) is 4.98 Å². The highest BCUT2D eigenvalue weighted by Crippen LogP contribution is 2.41. The summed E-state index contributed by atoms with van der Waals surface area (Å²) in [5.74, 6) is -1.55. The molecule has 0 bridgehead atoms. The minimum absolute atomic E-state index is 0.0595. The Morgan fingerprint density at radius 2 is 1.74 bits per heavy atom. The molecule has 2 aromatic heterocycles. The molecule has 0 aliphatic rings. The number of benzene rings is 3. The summed E-state index contributed by atoms with van der Waals surface area (Å²) in [6, 6.07) is 18.9. The largest absolute Gasteiger partial charge is 0.508 e. The fourth-order valence-electron chi connectivity index (χ4n) is 4.03. The van der Waals surface area contributed by atoms with Gasteiger partial charge in [0.2, 0.25) is 0 Å². The van der Waals surface area contributed by atoms with Gasteiger partial charge in [-0.2, -0.15) is 13.2 Å². The molecule has 5 rings (SSSR count). The summed E-state index contributed by atoms with van der Waals surface area (Å²) in [5.41, 5.74) is -0.496. The normalized spacial score (nSPS) is 11.8. The number of hydrogen-bond donors (Lipinski definition) is 1. The molecule has 5 aromatic rings. The van der Waals surface area contributed by atoms with Gasteiger partial charge in [0.15, 0.2) is 5.76 Å². The fraction of sp³-hybridized carbons (Fsp3) is 0.0769. The molecule has 0 saturated heterocycles. The number of phenols is 1. The number of phenolic OH excluding ortho intramolecular Hbond substituents is 1. The molecular formula is C26H16ClF3N2O3. The molecule has 0 unspecified atom stereocenters. The van der Waals surface area contributed by atoms with Crippen LogP contribution in [0.15, 0.2) is 83.4 Å². The van der Waals surface area contributed by atoms with Gasteiger partial charge in [0.25, 0.3) is 11.7 Å². The molecule has 0 aliphatic carbocycles. The number of oxazole rings is 1. The third kappa shape index (κ3) is 4.28. The Hall–Kier alpha value is -4.04. The molecule has 0 atom stereocenters. The van der Waals surface area contributed by atoms with Gasteiger partial charge < -0.3 is 14.1 Å². The van der Waals surface area contributed by atoms with Crippen molar-refractivity contribution in [3.8, 4) is 17.1 Å². The van der Waals surface area contributed by atoms with Crippen molar-refractivity contribution in [2.75, 3.05) is 0 Å². The van der Waals surface area contributed by atoms with Crippen molar-refractivity contribution in [3.63, 3.8) is 0 Å². The van der Waals surface area contributed by atoms with E-state index in [1.54, 1.807) is 54.6 Å². The van der Waals surface area contributed by atoms with Crippen LogP contribution in [0, 0.1) is 0 Å². The van der Waals surface area contributed by atoms with Crippen molar-refractivity contribution in [2.24, 2.45) is 0 Å². The summed E-state index contributed by atoms with van der Waals surface area (Å²) in [6.45, 7) is -0.179. The molecule has 0 amide bonds. The van der Waals surface area contributed by atoms with E-state index in [4.69, 9.17) is 16.0 Å². The number of ketones is 1. The maximum absolute atomic E-state index is 14.5. The van der Waals surface area contributed by atoms with Crippen LogP contribution in [-0.4, -0.2) is 20.4 Å². The topological polar surface area (TPSA) is 68.3 Å². The lowest BCUT2D eigenvalue weighted by Gasteiger charge is -2.14. The minimum Gasteiger partial charge on any atom is -0.508 e. The number of alkyl halides is 3. The number of hydrogen-bond acceptors (Lipinski definition) is 4. The number of aromatic hydroxyl groups is 1. The summed E-state index contributed by atoms with van der Waals surface area (Å²) in [6.07, 6.45) is -3.60. The van der Waals surface area contributed by atoms with E-state index in [-0.39, 0.29) is 29.0 Å². The zero-order chi connectivity index (χ0) is 24.7. The standard InChI is InChI=1S/C26H16ClF3N2O3/c27-17-8-6-15(7-9-17)14-32-20-11-10-18(33)12-19(20)22(24(32)26(28,29)30)23(34)25-31-13-21(35-25)16-4-2-1-3-5-16/h1-13,33H,14H2. The first-order chi connectivity index (χ1) is 16.7. The smallest absolute Gasteiger partial charge is 0.432 e. The SMILES string of the molecule is O=C(c1ncc(-c2ccccc2)o1)c1c(C(F)(F)F)n(Cc2ccc(Cl)cc2)c2ccc(O)cc12. The molecular weight excluding hydrogens is 481 g/mol. The van der Waals surface area contributed by atoms with Crippen LogP contribution in [0.3, 0.4) is 0 Å². The van der Waals surface area contributed by atoms with Crippen LogP contribution in [0.4, 0.5) is 13.2 Å². The van der Waals surface area contributed by atoms with Crippen LogP contribution >= 0.6 is 11.6 Å². The molecule has 35 heavy (non-hydrogen) atoms. The number of carbonyl (C=O) groups is 1. The van der Waals surface area contributed by atoms with Gasteiger partial charge in [-0.15, -0.1) is 0 Å². The summed E-state index contributed by atoms with van der Waals surface area (Å²) in [7, 11) is 0. The maximum atomic E-state index is 14.5. The third-order valence-electron chi connectivity index (χ3n) is 5.55. The number of aromatic nitrogens is 2. The Morgan fingerprint density at radius 1 is 1.03 bits per heavy atom. The molecule has 176 valence electrons. The lowest BCUT2D eigenvalue weighted by atomic mass is 10.1. The third-order valence-corrected chi connectivity index (χ3v) is 5.81. The number of rotatable bonds is 5. The Bertz CT molecular complexity index is 1540. The van der Waals surface area contributed by atoms with Crippen LogP contribution in [0.25, 0.3) is 22.2 Å². The number of halogens is 4. The van der Waals surface area contributed by atoms with Gasteiger partial charge in [-0.25, -0.2) is 4.98 Å². The van der Waals surface area contributed by atoms with Crippen LogP contribution in [0.5, 0.6) is 5.75 Å². The van der Waals surface area contributed by atoms with E-state index in [9.17, 15) is 23.1 Å². The van der Waals surface area contributed by atoms with E-state index in [1.807, 2.05) is 0 Å². The lowest BCUT2D eigenvalue weighted by molar-refractivity contribution is -0.143. The Balaban J connectivity index is 1.70. The second-order valence-electron chi connectivity index (χ2n) is 7.86. The first-order valence-electron chi connectivity index (χ1n) is 10.4. The van der Waals surface area contributed by atoms with Gasteiger partial charge in [0, 0.05) is 28.0 Å². The van der Waals surface area contributed by atoms with Crippen molar-refractivity contribution < 1.29 is 27.5 Å². The summed E-state index contributed by atoms with van der Waals surface area (Å²) >= 11 is 5.91. The lowest BCUT2D eigenvalue weighted by Crippen LogP contribution is -2.18. The zero-order valence-corrected chi connectivity index (χ0v) is 18.6. The van der Waals surface area contributed by atoms with Gasteiger partial charge in [0.1, 0.15) is 11.4 Å². The molecule has 9 heteroatoms. The van der Waals surface area contributed by atoms with Crippen molar-refractivity contribution in [1.29, 1.82) is 0 Å². The maximum Gasteiger partial charge on any atom is 0.432 e. The highest BCUT2D eigenvalue weighted by molar-refractivity contribution is 6.30. The summed E-state index contributed by atoms with van der Waals surface area (Å²) < 4.78 is 49.9. The van der Waals surface area contributed by atoms with E-state index >= 15 is 0 Å². The Labute approximate surface area is 202 Å². The predicted octanol–water partition coefficient (Wildman–Crippen LogP) is 6.95. The molecule has 0 radical (unpaired) electrons.